The summed E-state index contributed by atoms with van der Waals surface area (Å²) < 4.78 is 13.2. The Morgan fingerprint density at radius 1 is 1.28 bits per heavy atom. The average molecular weight is 250 g/mol. The highest BCUT2D eigenvalue weighted by Gasteiger charge is 2.33. The highest BCUT2D eigenvalue weighted by Crippen LogP contribution is 2.25. The predicted molar refractivity (Wildman–Crippen MR) is 65.8 cm³/mol. The van der Waals surface area contributed by atoms with Crippen LogP contribution in [0.1, 0.15) is 31.1 Å². The van der Waals surface area contributed by atoms with Crippen molar-refractivity contribution >= 4 is 17.5 Å². The molecule has 5 heteroatoms. The van der Waals surface area contributed by atoms with Gasteiger partial charge in [-0.05, 0) is 39.0 Å². The zero-order chi connectivity index (χ0) is 13.5. The van der Waals surface area contributed by atoms with Crippen molar-refractivity contribution in [3.63, 3.8) is 0 Å². The molecule has 0 fully saturated rings. The fraction of sp³-hybridized carbons (Fsp3) is 0.385. The Kier molecular flexibility index (Phi) is 2.84. The Morgan fingerprint density at radius 2 is 1.94 bits per heavy atom. The summed E-state index contributed by atoms with van der Waals surface area (Å²) in [6, 6.07) is 3.79. The smallest absolute Gasteiger partial charge is 0.256 e. The summed E-state index contributed by atoms with van der Waals surface area (Å²) in [5, 5.41) is 2.61. The average Bonchev–Trinajstić information content (AvgIpc) is 2.37. The summed E-state index contributed by atoms with van der Waals surface area (Å²) in [6.07, 6.45) is 0. The van der Waals surface area contributed by atoms with Gasteiger partial charge in [-0.25, -0.2) is 4.39 Å². The Labute approximate surface area is 105 Å². The van der Waals surface area contributed by atoms with Gasteiger partial charge in [0, 0.05) is 5.54 Å². The van der Waals surface area contributed by atoms with Gasteiger partial charge >= 0.3 is 0 Å². The monoisotopic (exact) mass is 250 g/mol. The van der Waals surface area contributed by atoms with Gasteiger partial charge in [0.2, 0.25) is 5.91 Å². The van der Waals surface area contributed by atoms with Gasteiger partial charge in [-0.2, -0.15) is 0 Å². The minimum atomic E-state index is -0.498. The van der Waals surface area contributed by atoms with Crippen LogP contribution in [0.15, 0.2) is 18.2 Å². The maximum atomic E-state index is 13.2. The molecular weight excluding hydrogens is 235 g/mol. The van der Waals surface area contributed by atoms with Crippen molar-refractivity contribution in [2.45, 2.75) is 26.3 Å². The molecule has 2 amide bonds. The van der Waals surface area contributed by atoms with Crippen molar-refractivity contribution in [1.29, 1.82) is 0 Å². The van der Waals surface area contributed by atoms with Gasteiger partial charge in [-0.15, -0.1) is 0 Å². The van der Waals surface area contributed by atoms with Crippen molar-refractivity contribution in [1.82, 2.24) is 4.90 Å². The van der Waals surface area contributed by atoms with Gasteiger partial charge in [0.25, 0.3) is 5.91 Å². The van der Waals surface area contributed by atoms with Crippen molar-refractivity contribution in [3.05, 3.63) is 29.6 Å². The van der Waals surface area contributed by atoms with E-state index in [0.717, 1.165) is 6.07 Å². The summed E-state index contributed by atoms with van der Waals surface area (Å²) in [4.78, 5) is 25.5. The van der Waals surface area contributed by atoms with Crippen molar-refractivity contribution < 1.29 is 14.0 Å². The van der Waals surface area contributed by atoms with Crippen LogP contribution in [0.3, 0.4) is 0 Å². The molecule has 0 aliphatic carbocycles. The fourth-order valence-corrected chi connectivity index (χ4v) is 1.89. The summed E-state index contributed by atoms with van der Waals surface area (Å²) in [5.41, 5.74) is 0.0523. The van der Waals surface area contributed by atoms with E-state index in [0.29, 0.717) is 5.69 Å². The molecule has 0 aromatic heterocycles. The zero-order valence-electron chi connectivity index (χ0n) is 10.6. The van der Waals surface area contributed by atoms with E-state index in [4.69, 9.17) is 0 Å². The van der Waals surface area contributed by atoms with E-state index in [9.17, 15) is 14.0 Å². The molecule has 0 saturated carbocycles. The number of amides is 2. The molecule has 0 bridgehead atoms. The Bertz CT molecular complexity index is 520. The van der Waals surface area contributed by atoms with Crippen LogP contribution in [-0.2, 0) is 4.79 Å². The molecule has 0 unspecified atom stereocenters. The first-order valence-electron chi connectivity index (χ1n) is 5.70. The van der Waals surface area contributed by atoms with Gasteiger partial charge in [-0.3, -0.25) is 9.59 Å². The highest BCUT2D eigenvalue weighted by atomic mass is 19.1. The molecule has 96 valence electrons. The number of nitrogens with zero attached hydrogens (tertiary/aromatic N) is 1. The van der Waals surface area contributed by atoms with Crippen LogP contribution in [0.5, 0.6) is 0 Å². The third-order valence-electron chi connectivity index (χ3n) is 2.84. The second-order valence-corrected chi connectivity index (χ2v) is 5.30. The van der Waals surface area contributed by atoms with E-state index < -0.39 is 11.4 Å². The normalized spacial score (nSPS) is 16.1. The Hall–Kier alpha value is -1.91. The highest BCUT2D eigenvalue weighted by molar-refractivity contribution is 6.08. The Balaban J connectivity index is 2.54. The second-order valence-electron chi connectivity index (χ2n) is 5.30. The molecule has 0 atom stereocenters. The fourth-order valence-electron chi connectivity index (χ4n) is 1.89. The van der Waals surface area contributed by atoms with E-state index in [1.165, 1.54) is 17.0 Å². The largest absolute Gasteiger partial charge is 0.324 e. The summed E-state index contributed by atoms with van der Waals surface area (Å²) in [7, 11) is 0. The molecule has 1 aromatic carbocycles. The molecule has 1 aromatic rings. The predicted octanol–water partition coefficient (Wildman–Crippen LogP) is 2.02. The molecule has 1 aliphatic rings. The quantitative estimate of drug-likeness (QED) is 0.765. The van der Waals surface area contributed by atoms with E-state index in [-0.39, 0.29) is 23.9 Å². The zero-order valence-corrected chi connectivity index (χ0v) is 10.6. The van der Waals surface area contributed by atoms with Crippen LogP contribution < -0.4 is 5.32 Å². The number of hydrogen-bond donors (Lipinski definition) is 1. The number of anilines is 1. The van der Waals surface area contributed by atoms with Gasteiger partial charge in [0.05, 0.1) is 11.3 Å². The first-order valence-corrected chi connectivity index (χ1v) is 5.70. The molecule has 0 spiro atoms. The Morgan fingerprint density at radius 3 is 2.56 bits per heavy atom. The van der Waals surface area contributed by atoms with Crippen molar-refractivity contribution in [2.75, 3.05) is 11.9 Å². The molecule has 1 heterocycles. The number of carbonyl (C=O) groups is 2. The maximum Gasteiger partial charge on any atom is 0.256 e. The lowest BCUT2D eigenvalue weighted by Crippen LogP contribution is -2.47. The van der Waals surface area contributed by atoms with Crippen LogP contribution >= 0.6 is 0 Å². The number of hydrogen-bond acceptors (Lipinski definition) is 2. The molecule has 18 heavy (non-hydrogen) atoms. The number of halogens is 1. The van der Waals surface area contributed by atoms with Crippen LogP contribution in [0.4, 0.5) is 10.1 Å². The molecule has 2 rings (SSSR count). The minimum Gasteiger partial charge on any atom is -0.324 e. The van der Waals surface area contributed by atoms with Gasteiger partial charge < -0.3 is 10.2 Å². The van der Waals surface area contributed by atoms with Crippen molar-refractivity contribution in [3.8, 4) is 0 Å². The number of carbonyl (C=O) groups excluding carboxylic acids is 2. The van der Waals surface area contributed by atoms with E-state index in [2.05, 4.69) is 5.32 Å². The number of benzene rings is 1. The standard InChI is InChI=1S/C13H15FN2O2/c1-13(2,3)16-7-11(17)15-10-5-4-8(14)6-9(10)12(16)18/h4-6H,7H2,1-3H3,(H,15,17). The van der Waals surface area contributed by atoms with Crippen LogP contribution in [0, 0.1) is 5.82 Å². The summed E-state index contributed by atoms with van der Waals surface area (Å²) >= 11 is 0. The maximum absolute atomic E-state index is 13.2. The van der Waals surface area contributed by atoms with Gasteiger partial charge in [0.1, 0.15) is 12.4 Å². The van der Waals surface area contributed by atoms with Gasteiger partial charge in [0.15, 0.2) is 0 Å². The third kappa shape index (κ3) is 2.20. The van der Waals surface area contributed by atoms with Gasteiger partial charge in [-0.1, -0.05) is 0 Å². The SMILES string of the molecule is CC(C)(C)N1CC(=O)Nc2ccc(F)cc2C1=O. The van der Waals surface area contributed by atoms with Crippen molar-refractivity contribution in [2.24, 2.45) is 0 Å². The van der Waals surface area contributed by atoms with Crippen LogP contribution in [-0.4, -0.2) is 28.8 Å². The van der Waals surface area contributed by atoms with Crippen LogP contribution in [0.2, 0.25) is 0 Å². The van der Waals surface area contributed by atoms with E-state index >= 15 is 0 Å². The lowest BCUT2D eigenvalue weighted by molar-refractivity contribution is -0.117. The number of nitrogens with one attached hydrogen (secondary N) is 1. The minimum absolute atomic E-state index is 0.0291. The molecule has 1 aliphatic heterocycles. The topological polar surface area (TPSA) is 49.4 Å². The first-order chi connectivity index (χ1) is 8.29. The number of rotatable bonds is 0. The molecular formula is C13H15FN2O2. The van der Waals surface area contributed by atoms with E-state index in [1.54, 1.807) is 0 Å². The molecule has 1 N–H and O–H groups in total. The van der Waals surface area contributed by atoms with Crippen LogP contribution in [0.25, 0.3) is 0 Å². The summed E-state index contributed by atoms with van der Waals surface area (Å²) in [6.45, 7) is 5.48. The third-order valence-corrected chi connectivity index (χ3v) is 2.84. The summed E-state index contributed by atoms with van der Waals surface area (Å²) in [5.74, 6) is -1.11. The lowest BCUT2D eigenvalue weighted by atomic mass is 10.0. The van der Waals surface area contributed by atoms with E-state index in [1.807, 2.05) is 20.8 Å². The molecule has 0 saturated heterocycles. The molecule has 4 nitrogen and oxygen atoms in total. The lowest BCUT2D eigenvalue weighted by Gasteiger charge is -2.33. The molecule has 0 radical (unpaired) electrons. The second kappa shape index (κ2) is 4.08. The number of fused-ring (bicyclic) bond motifs is 1. The first kappa shape index (κ1) is 12.5.